The Bertz CT molecular complexity index is 605. The molecule has 1 fully saturated rings. The predicted molar refractivity (Wildman–Crippen MR) is 89.2 cm³/mol. The van der Waals surface area contributed by atoms with Crippen LogP contribution in [0.2, 0.25) is 0 Å². The normalized spacial score (nSPS) is 17.4. The first-order chi connectivity index (χ1) is 10.1. The fourth-order valence-corrected chi connectivity index (χ4v) is 2.78. The minimum atomic E-state index is -0.340. The number of nitrogens with two attached hydrogens (primary N) is 1. The SMILES string of the molecule is CCc1ccc(C(C)Cc2nc(C3(N)CCC3)no2)cc1.Cl. The van der Waals surface area contributed by atoms with Gasteiger partial charge in [0.2, 0.25) is 5.89 Å². The van der Waals surface area contributed by atoms with E-state index in [2.05, 4.69) is 48.3 Å². The summed E-state index contributed by atoms with van der Waals surface area (Å²) in [6, 6.07) is 8.76. The first kappa shape index (κ1) is 17.0. The van der Waals surface area contributed by atoms with Crippen LogP contribution in [0, 0.1) is 0 Å². The van der Waals surface area contributed by atoms with Crippen molar-refractivity contribution in [2.24, 2.45) is 5.73 Å². The van der Waals surface area contributed by atoms with E-state index in [1.165, 1.54) is 11.1 Å². The van der Waals surface area contributed by atoms with Gasteiger partial charge >= 0.3 is 0 Å². The van der Waals surface area contributed by atoms with Crippen LogP contribution < -0.4 is 5.73 Å². The Kier molecular flexibility index (Phi) is 5.24. The minimum Gasteiger partial charge on any atom is -0.339 e. The van der Waals surface area contributed by atoms with E-state index < -0.39 is 0 Å². The smallest absolute Gasteiger partial charge is 0.227 e. The highest BCUT2D eigenvalue weighted by molar-refractivity contribution is 5.85. The molecule has 1 aliphatic rings. The standard InChI is InChI=1S/C17H23N3O.ClH/c1-3-13-5-7-14(8-6-13)12(2)11-15-19-16(20-21-15)17(18)9-4-10-17;/h5-8,12H,3-4,9-11,18H2,1-2H3;1H. The zero-order valence-corrected chi connectivity index (χ0v) is 14.0. The molecule has 1 unspecified atom stereocenters. The van der Waals surface area contributed by atoms with Crippen molar-refractivity contribution in [2.75, 3.05) is 0 Å². The second-order valence-electron chi connectivity index (χ2n) is 6.22. The molecule has 5 heteroatoms. The lowest BCUT2D eigenvalue weighted by Crippen LogP contribution is -2.44. The number of aryl methyl sites for hydroxylation is 1. The van der Waals surface area contributed by atoms with Crippen molar-refractivity contribution in [3.8, 4) is 0 Å². The third kappa shape index (κ3) is 3.33. The molecule has 120 valence electrons. The van der Waals surface area contributed by atoms with Gasteiger partial charge in [0, 0.05) is 6.42 Å². The van der Waals surface area contributed by atoms with Crippen LogP contribution in [-0.4, -0.2) is 10.1 Å². The summed E-state index contributed by atoms with van der Waals surface area (Å²) < 4.78 is 5.38. The number of rotatable bonds is 5. The van der Waals surface area contributed by atoms with Gasteiger partial charge in [-0.25, -0.2) is 0 Å². The zero-order valence-electron chi connectivity index (χ0n) is 13.2. The van der Waals surface area contributed by atoms with Crippen molar-refractivity contribution < 1.29 is 4.52 Å². The second-order valence-corrected chi connectivity index (χ2v) is 6.22. The summed E-state index contributed by atoms with van der Waals surface area (Å²) in [6.07, 6.45) is 4.90. The number of aromatic nitrogens is 2. The Hall–Kier alpha value is -1.39. The van der Waals surface area contributed by atoms with Crippen molar-refractivity contribution in [3.63, 3.8) is 0 Å². The van der Waals surface area contributed by atoms with Gasteiger partial charge in [-0.05, 0) is 42.7 Å². The number of hydrogen-bond acceptors (Lipinski definition) is 4. The fraction of sp³-hybridized carbons (Fsp3) is 0.529. The Morgan fingerprint density at radius 3 is 2.50 bits per heavy atom. The number of benzene rings is 1. The Morgan fingerprint density at radius 2 is 1.95 bits per heavy atom. The van der Waals surface area contributed by atoms with Gasteiger partial charge in [-0.3, -0.25) is 0 Å². The predicted octanol–water partition coefficient (Wildman–Crippen LogP) is 3.74. The van der Waals surface area contributed by atoms with Crippen molar-refractivity contribution in [1.29, 1.82) is 0 Å². The van der Waals surface area contributed by atoms with Crippen molar-refractivity contribution in [2.45, 2.75) is 57.4 Å². The molecule has 0 amide bonds. The van der Waals surface area contributed by atoms with Gasteiger partial charge in [0.1, 0.15) is 0 Å². The van der Waals surface area contributed by atoms with E-state index in [1.807, 2.05) is 0 Å². The molecule has 3 rings (SSSR count). The molecule has 2 N–H and O–H groups in total. The first-order valence-electron chi connectivity index (χ1n) is 7.81. The maximum Gasteiger partial charge on any atom is 0.227 e. The molecule has 1 aliphatic carbocycles. The van der Waals surface area contributed by atoms with E-state index in [1.54, 1.807) is 0 Å². The van der Waals surface area contributed by atoms with Crippen LogP contribution in [-0.2, 0) is 18.4 Å². The van der Waals surface area contributed by atoms with Crippen LogP contribution >= 0.6 is 12.4 Å². The first-order valence-corrected chi connectivity index (χ1v) is 7.81. The van der Waals surface area contributed by atoms with Crippen molar-refractivity contribution in [3.05, 3.63) is 47.1 Å². The Balaban J connectivity index is 0.00000176. The topological polar surface area (TPSA) is 64.9 Å². The van der Waals surface area contributed by atoms with Gasteiger partial charge in [0.25, 0.3) is 0 Å². The van der Waals surface area contributed by atoms with Crippen molar-refractivity contribution in [1.82, 2.24) is 10.1 Å². The number of hydrogen-bond donors (Lipinski definition) is 1. The van der Waals surface area contributed by atoms with Crippen LogP contribution in [0.3, 0.4) is 0 Å². The quantitative estimate of drug-likeness (QED) is 0.911. The monoisotopic (exact) mass is 321 g/mol. The average molecular weight is 322 g/mol. The fourth-order valence-electron chi connectivity index (χ4n) is 2.78. The van der Waals surface area contributed by atoms with Gasteiger partial charge in [-0.1, -0.05) is 43.3 Å². The van der Waals surface area contributed by atoms with Gasteiger partial charge < -0.3 is 10.3 Å². The van der Waals surface area contributed by atoms with Crippen LogP contribution in [0.5, 0.6) is 0 Å². The lowest BCUT2D eigenvalue weighted by Gasteiger charge is -2.34. The molecule has 1 saturated carbocycles. The summed E-state index contributed by atoms with van der Waals surface area (Å²) in [6.45, 7) is 4.36. The van der Waals surface area contributed by atoms with E-state index in [0.717, 1.165) is 32.1 Å². The Labute approximate surface area is 137 Å². The minimum absolute atomic E-state index is 0. The summed E-state index contributed by atoms with van der Waals surface area (Å²) in [5.41, 5.74) is 8.55. The van der Waals surface area contributed by atoms with Gasteiger partial charge in [0.15, 0.2) is 5.82 Å². The van der Waals surface area contributed by atoms with Gasteiger partial charge in [-0.2, -0.15) is 4.98 Å². The molecule has 1 atom stereocenters. The third-order valence-electron chi connectivity index (χ3n) is 4.60. The molecule has 0 saturated heterocycles. The van der Waals surface area contributed by atoms with Crippen LogP contribution in [0.15, 0.2) is 28.8 Å². The number of nitrogens with zero attached hydrogens (tertiary/aromatic N) is 2. The summed E-state index contributed by atoms with van der Waals surface area (Å²) in [5.74, 6) is 1.73. The molecular formula is C17H24ClN3O. The molecule has 0 radical (unpaired) electrons. The third-order valence-corrected chi connectivity index (χ3v) is 4.60. The molecule has 2 aromatic rings. The van der Waals surface area contributed by atoms with Crippen molar-refractivity contribution >= 4 is 12.4 Å². The highest BCUT2D eigenvalue weighted by Gasteiger charge is 2.39. The van der Waals surface area contributed by atoms with Gasteiger partial charge in [-0.15, -0.1) is 12.4 Å². The largest absolute Gasteiger partial charge is 0.339 e. The van der Waals surface area contributed by atoms with E-state index in [9.17, 15) is 0 Å². The van der Waals surface area contributed by atoms with E-state index >= 15 is 0 Å². The molecule has 0 spiro atoms. The lowest BCUT2D eigenvalue weighted by atomic mass is 9.77. The van der Waals surface area contributed by atoms with E-state index in [-0.39, 0.29) is 17.9 Å². The summed E-state index contributed by atoms with van der Waals surface area (Å²) in [4.78, 5) is 4.50. The zero-order chi connectivity index (χ0) is 14.9. The van der Waals surface area contributed by atoms with Crippen LogP contribution in [0.4, 0.5) is 0 Å². The summed E-state index contributed by atoms with van der Waals surface area (Å²) in [5, 5.41) is 4.07. The van der Waals surface area contributed by atoms with Crippen LogP contribution in [0.25, 0.3) is 0 Å². The lowest BCUT2D eigenvalue weighted by molar-refractivity contribution is 0.229. The maximum atomic E-state index is 6.23. The molecule has 0 bridgehead atoms. The molecule has 4 nitrogen and oxygen atoms in total. The summed E-state index contributed by atoms with van der Waals surface area (Å²) >= 11 is 0. The molecule has 0 aliphatic heterocycles. The summed E-state index contributed by atoms with van der Waals surface area (Å²) in [7, 11) is 0. The highest BCUT2D eigenvalue weighted by atomic mass is 35.5. The average Bonchev–Trinajstić information content (AvgIpc) is 2.93. The van der Waals surface area contributed by atoms with E-state index in [4.69, 9.17) is 10.3 Å². The molecule has 1 aromatic carbocycles. The maximum absolute atomic E-state index is 6.23. The van der Waals surface area contributed by atoms with Gasteiger partial charge in [0.05, 0.1) is 5.54 Å². The molecule has 1 aromatic heterocycles. The van der Waals surface area contributed by atoms with Crippen LogP contribution in [0.1, 0.15) is 61.9 Å². The highest BCUT2D eigenvalue weighted by Crippen LogP contribution is 2.37. The second kappa shape index (κ2) is 6.80. The molecule has 1 heterocycles. The van der Waals surface area contributed by atoms with E-state index in [0.29, 0.717) is 17.6 Å². The molecule has 22 heavy (non-hydrogen) atoms. The Morgan fingerprint density at radius 1 is 1.27 bits per heavy atom. The molecular weight excluding hydrogens is 298 g/mol. The number of halogens is 1.